The van der Waals surface area contributed by atoms with Gasteiger partial charge in [-0.15, -0.1) is 5.10 Å². The molecule has 0 aromatic carbocycles. The first-order valence-corrected chi connectivity index (χ1v) is 5.68. The third-order valence-electron chi connectivity index (χ3n) is 2.80. The first kappa shape index (κ1) is 11.2. The second kappa shape index (κ2) is 4.11. The van der Waals surface area contributed by atoms with Crippen LogP contribution in [0, 0.1) is 0 Å². The van der Waals surface area contributed by atoms with Gasteiger partial charge in [-0.3, -0.25) is 0 Å². The molecular weight excluding hydrogens is 236 g/mol. The summed E-state index contributed by atoms with van der Waals surface area (Å²) in [6, 6.07) is 3.69. The minimum absolute atomic E-state index is 0.385. The van der Waals surface area contributed by atoms with Crippen molar-refractivity contribution >= 4 is 5.82 Å². The van der Waals surface area contributed by atoms with E-state index < -0.39 is 5.79 Å². The fraction of sp³-hybridized carbons (Fsp3) is 0.455. The maximum Gasteiger partial charge on any atom is 0.225 e. The summed E-state index contributed by atoms with van der Waals surface area (Å²) in [4.78, 5) is 1.47. The van der Waals surface area contributed by atoms with Crippen LogP contribution in [0.25, 0.3) is 0 Å². The Morgan fingerprint density at radius 1 is 1.39 bits per heavy atom. The SMILES string of the molecule is CC1(c2ccc(Cn3ncc(N)n3)o2)OCCO1. The summed E-state index contributed by atoms with van der Waals surface area (Å²) in [7, 11) is 0. The van der Waals surface area contributed by atoms with E-state index in [4.69, 9.17) is 19.6 Å². The largest absolute Gasteiger partial charge is 0.458 e. The lowest BCUT2D eigenvalue weighted by Crippen LogP contribution is -2.21. The fourth-order valence-electron chi connectivity index (χ4n) is 1.89. The number of ether oxygens (including phenoxy) is 2. The molecule has 0 aliphatic carbocycles. The highest BCUT2D eigenvalue weighted by Crippen LogP contribution is 2.32. The Bertz CT molecular complexity index is 542. The third kappa shape index (κ3) is 1.98. The van der Waals surface area contributed by atoms with E-state index in [0.717, 1.165) is 5.76 Å². The summed E-state index contributed by atoms with van der Waals surface area (Å²) < 4.78 is 16.7. The van der Waals surface area contributed by atoms with Crippen molar-refractivity contribution in [1.82, 2.24) is 15.0 Å². The van der Waals surface area contributed by atoms with Crippen molar-refractivity contribution < 1.29 is 13.9 Å². The van der Waals surface area contributed by atoms with Gasteiger partial charge in [0.2, 0.25) is 5.79 Å². The summed E-state index contributed by atoms with van der Waals surface area (Å²) in [5, 5.41) is 7.98. The van der Waals surface area contributed by atoms with Crippen molar-refractivity contribution in [3.8, 4) is 0 Å². The monoisotopic (exact) mass is 250 g/mol. The van der Waals surface area contributed by atoms with Gasteiger partial charge >= 0.3 is 0 Å². The first-order chi connectivity index (χ1) is 8.66. The van der Waals surface area contributed by atoms with Gasteiger partial charge in [-0.2, -0.15) is 9.90 Å². The Balaban J connectivity index is 1.77. The van der Waals surface area contributed by atoms with Crippen molar-refractivity contribution in [2.45, 2.75) is 19.3 Å². The van der Waals surface area contributed by atoms with Crippen LogP contribution in [0.3, 0.4) is 0 Å². The zero-order valence-electron chi connectivity index (χ0n) is 10.00. The van der Waals surface area contributed by atoms with Crippen LogP contribution >= 0.6 is 0 Å². The van der Waals surface area contributed by atoms with Gasteiger partial charge in [-0.1, -0.05) is 0 Å². The zero-order valence-corrected chi connectivity index (χ0v) is 10.00. The summed E-state index contributed by atoms with van der Waals surface area (Å²) in [6.07, 6.45) is 1.49. The molecule has 3 heterocycles. The molecule has 2 N–H and O–H groups in total. The Morgan fingerprint density at radius 2 is 2.17 bits per heavy atom. The molecule has 0 amide bonds. The van der Waals surface area contributed by atoms with Crippen molar-refractivity contribution in [2.24, 2.45) is 0 Å². The van der Waals surface area contributed by atoms with Gasteiger partial charge < -0.3 is 19.6 Å². The van der Waals surface area contributed by atoms with Gasteiger partial charge in [0.1, 0.15) is 12.3 Å². The van der Waals surface area contributed by atoms with E-state index in [2.05, 4.69) is 10.2 Å². The highest BCUT2D eigenvalue weighted by atomic mass is 16.7. The Morgan fingerprint density at radius 3 is 2.83 bits per heavy atom. The van der Waals surface area contributed by atoms with E-state index in [1.165, 1.54) is 11.0 Å². The lowest BCUT2D eigenvalue weighted by atomic mass is 10.2. The number of hydrogen-bond acceptors (Lipinski definition) is 6. The molecule has 0 saturated carbocycles. The molecule has 0 radical (unpaired) electrons. The van der Waals surface area contributed by atoms with Crippen LogP contribution in [0.2, 0.25) is 0 Å². The maximum absolute atomic E-state index is 5.69. The highest BCUT2D eigenvalue weighted by Gasteiger charge is 2.36. The number of rotatable bonds is 3. The van der Waals surface area contributed by atoms with Gasteiger partial charge in [0.25, 0.3) is 0 Å². The standard InChI is InChI=1S/C11H14N4O3/c1-11(16-4-5-17-11)9-3-2-8(18-9)7-15-13-6-10(12)14-15/h2-3,6H,4-5,7H2,1H3,(H2,12,14). The van der Waals surface area contributed by atoms with Crippen molar-refractivity contribution in [1.29, 1.82) is 0 Å². The minimum Gasteiger partial charge on any atom is -0.458 e. The number of aromatic nitrogens is 3. The minimum atomic E-state index is -0.783. The van der Waals surface area contributed by atoms with Gasteiger partial charge in [-0.25, -0.2) is 0 Å². The van der Waals surface area contributed by atoms with Crippen LogP contribution in [0.1, 0.15) is 18.4 Å². The predicted octanol–water partition coefficient (Wildman–Crippen LogP) is 0.721. The second-order valence-electron chi connectivity index (χ2n) is 4.21. The number of anilines is 1. The summed E-state index contributed by atoms with van der Waals surface area (Å²) >= 11 is 0. The number of nitrogens with two attached hydrogens (primary N) is 1. The highest BCUT2D eigenvalue weighted by molar-refractivity contribution is 5.19. The molecule has 1 aliphatic heterocycles. The van der Waals surface area contributed by atoms with Crippen LogP contribution in [0.4, 0.5) is 5.82 Å². The smallest absolute Gasteiger partial charge is 0.225 e. The zero-order chi connectivity index (χ0) is 12.6. The van der Waals surface area contributed by atoms with E-state index in [9.17, 15) is 0 Å². The van der Waals surface area contributed by atoms with Crippen LogP contribution in [-0.4, -0.2) is 28.2 Å². The first-order valence-electron chi connectivity index (χ1n) is 5.68. The third-order valence-corrected chi connectivity index (χ3v) is 2.80. The fourth-order valence-corrected chi connectivity index (χ4v) is 1.89. The van der Waals surface area contributed by atoms with E-state index in [1.807, 2.05) is 19.1 Å². The Labute approximate surface area is 103 Å². The second-order valence-corrected chi connectivity index (χ2v) is 4.21. The van der Waals surface area contributed by atoms with E-state index in [1.54, 1.807) is 0 Å². The average molecular weight is 250 g/mol. The molecule has 7 nitrogen and oxygen atoms in total. The molecular formula is C11H14N4O3. The number of nitrogens with zero attached hydrogens (tertiary/aromatic N) is 3. The molecule has 1 saturated heterocycles. The lowest BCUT2D eigenvalue weighted by Gasteiger charge is -2.18. The summed E-state index contributed by atoms with van der Waals surface area (Å²) in [5.74, 6) is 0.974. The molecule has 2 aromatic rings. The van der Waals surface area contributed by atoms with Crippen LogP contribution < -0.4 is 5.73 Å². The molecule has 1 fully saturated rings. The van der Waals surface area contributed by atoms with Crippen molar-refractivity contribution in [3.05, 3.63) is 29.9 Å². The lowest BCUT2D eigenvalue weighted by molar-refractivity contribution is -0.163. The molecule has 18 heavy (non-hydrogen) atoms. The van der Waals surface area contributed by atoms with Crippen LogP contribution in [0.5, 0.6) is 0 Å². The maximum atomic E-state index is 5.69. The van der Waals surface area contributed by atoms with Gasteiger partial charge in [0.15, 0.2) is 11.6 Å². The molecule has 1 aliphatic rings. The van der Waals surface area contributed by atoms with Crippen molar-refractivity contribution in [3.63, 3.8) is 0 Å². The molecule has 0 atom stereocenters. The normalized spacial score (nSPS) is 18.3. The van der Waals surface area contributed by atoms with Crippen LogP contribution in [0.15, 0.2) is 22.7 Å². The number of hydrogen-bond donors (Lipinski definition) is 1. The Hall–Kier alpha value is -1.86. The number of nitrogen functional groups attached to an aromatic ring is 1. The summed E-state index contributed by atoms with van der Waals surface area (Å²) in [5.41, 5.74) is 5.49. The van der Waals surface area contributed by atoms with Crippen molar-refractivity contribution in [2.75, 3.05) is 18.9 Å². The van der Waals surface area contributed by atoms with E-state index in [0.29, 0.717) is 31.3 Å². The predicted molar refractivity (Wildman–Crippen MR) is 61.5 cm³/mol. The molecule has 96 valence electrons. The Kier molecular flexibility index (Phi) is 2.57. The molecule has 0 unspecified atom stereocenters. The molecule has 2 aromatic heterocycles. The van der Waals surface area contributed by atoms with Gasteiger partial charge in [-0.05, 0) is 19.1 Å². The van der Waals surface area contributed by atoms with E-state index in [-0.39, 0.29) is 0 Å². The van der Waals surface area contributed by atoms with Gasteiger partial charge in [0.05, 0.1) is 19.4 Å². The molecule has 3 rings (SSSR count). The molecule has 0 bridgehead atoms. The van der Waals surface area contributed by atoms with Gasteiger partial charge in [0, 0.05) is 0 Å². The average Bonchev–Trinajstić information content (AvgIpc) is 3.02. The van der Waals surface area contributed by atoms with E-state index >= 15 is 0 Å². The quantitative estimate of drug-likeness (QED) is 0.863. The van der Waals surface area contributed by atoms with Crippen LogP contribution in [-0.2, 0) is 21.8 Å². The number of furan rings is 1. The molecule has 0 spiro atoms. The summed E-state index contributed by atoms with van der Waals surface area (Å²) in [6.45, 7) is 3.41. The molecule has 7 heteroatoms. The topological polar surface area (TPSA) is 88.3 Å².